The molecular weight excluding hydrogens is 259 g/mol. The Bertz CT molecular complexity index is 570. The van der Waals surface area contributed by atoms with Crippen LogP contribution in [0.25, 0.3) is 0 Å². The van der Waals surface area contributed by atoms with Crippen molar-refractivity contribution in [1.29, 1.82) is 0 Å². The SMILES string of the molecule is CCn1cc(CC(NN)c2c(F)cccc2OC)cn1. The first-order valence-corrected chi connectivity index (χ1v) is 6.49. The summed E-state index contributed by atoms with van der Waals surface area (Å²) in [5.74, 6) is 5.73. The number of nitrogens with one attached hydrogen (secondary N) is 1. The van der Waals surface area contributed by atoms with Crippen LogP contribution in [0.3, 0.4) is 0 Å². The third-order valence-electron chi connectivity index (χ3n) is 3.23. The van der Waals surface area contributed by atoms with Gasteiger partial charge in [-0.25, -0.2) is 4.39 Å². The second-order valence-corrected chi connectivity index (χ2v) is 4.48. The van der Waals surface area contributed by atoms with Crippen LogP contribution in [-0.4, -0.2) is 16.9 Å². The molecule has 0 aliphatic heterocycles. The summed E-state index contributed by atoms with van der Waals surface area (Å²) in [6, 6.07) is 4.36. The molecule has 1 heterocycles. The Labute approximate surface area is 117 Å². The van der Waals surface area contributed by atoms with E-state index in [9.17, 15) is 4.39 Å². The number of methoxy groups -OCH3 is 1. The molecule has 108 valence electrons. The van der Waals surface area contributed by atoms with Crippen LogP contribution in [0, 0.1) is 5.82 Å². The molecule has 3 N–H and O–H groups in total. The smallest absolute Gasteiger partial charge is 0.131 e. The Balaban J connectivity index is 2.28. The normalized spacial score (nSPS) is 12.4. The van der Waals surface area contributed by atoms with Gasteiger partial charge >= 0.3 is 0 Å². The Kier molecular flexibility index (Phi) is 4.70. The fourth-order valence-corrected chi connectivity index (χ4v) is 2.20. The summed E-state index contributed by atoms with van der Waals surface area (Å²) in [6.07, 6.45) is 4.23. The molecule has 1 aromatic heterocycles. The van der Waals surface area contributed by atoms with Crippen LogP contribution in [0.15, 0.2) is 30.6 Å². The Morgan fingerprint density at radius 2 is 2.30 bits per heavy atom. The van der Waals surface area contributed by atoms with E-state index in [2.05, 4.69) is 10.5 Å². The van der Waals surface area contributed by atoms with E-state index in [4.69, 9.17) is 10.6 Å². The number of hydrogen-bond acceptors (Lipinski definition) is 4. The minimum Gasteiger partial charge on any atom is -0.496 e. The molecule has 0 fully saturated rings. The van der Waals surface area contributed by atoms with Crippen LogP contribution in [0.5, 0.6) is 5.75 Å². The van der Waals surface area contributed by atoms with Gasteiger partial charge in [0.1, 0.15) is 11.6 Å². The van der Waals surface area contributed by atoms with Gasteiger partial charge in [0, 0.05) is 18.3 Å². The lowest BCUT2D eigenvalue weighted by Crippen LogP contribution is -2.30. The minimum absolute atomic E-state index is 0.338. The molecule has 2 aromatic rings. The zero-order chi connectivity index (χ0) is 14.5. The highest BCUT2D eigenvalue weighted by Gasteiger charge is 2.20. The summed E-state index contributed by atoms with van der Waals surface area (Å²) in [6.45, 7) is 2.80. The van der Waals surface area contributed by atoms with E-state index in [0.29, 0.717) is 17.7 Å². The number of hydrogen-bond donors (Lipinski definition) is 2. The van der Waals surface area contributed by atoms with Crippen molar-refractivity contribution in [1.82, 2.24) is 15.2 Å². The summed E-state index contributed by atoms with van der Waals surface area (Å²) >= 11 is 0. The average molecular weight is 278 g/mol. The van der Waals surface area contributed by atoms with Crippen molar-refractivity contribution in [3.8, 4) is 5.75 Å². The van der Waals surface area contributed by atoms with Crippen LogP contribution in [0.4, 0.5) is 4.39 Å². The lowest BCUT2D eigenvalue weighted by molar-refractivity contribution is 0.390. The number of nitrogens with zero attached hydrogens (tertiary/aromatic N) is 2. The molecule has 0 saturated heterocycles. The molecule has 0 saturated carbocycles. The van der Waals surface area contributed by atoms with E-state index in [-0.39, 0.29) is 11.9 Å². The number of aryl methyl sites for hydroxylation is 1. The van der Waals surface area contributed by atoms with Gasteiger partial charge in [-0.05, 0) is 31.0 Å². The number of halogens is 1. The Hall–Kier alpha value is -1.92. The quantitative estimate of drug-likeness (QED) is 0.624. The number of aromatic nitrogens is 2. The molecule has 0 aliphatic carbocycles. The molecule has 1 unspecified atom stereocenters. The summed E-state index contributed by atoms with van der Waals surface area (Å²) in [7, 11) is 1.51. The predicted octanol–water partition coefficient (Wildman–Crippen LogP) is 1.80. The number of nitrogens with two attached hydrogens (primary N) is 1. The highest BCUT2D eigenvalue weighted by atomic mass is 19.1. The predicted molar refractivity (Wildman–Crippen MR) is 74.6 cm³/mol. The van der Waals surface area contributed by atoms with Crippen molar-refractivity contribution in [2.75, 3.05) is 7.11 Å². The third-order valence-corrected chi connectivity index (χ3v) is 3.23. The van der Waals surface area contributed by atoms with Crippen molar-refractivity contribution in [2.45, 2.75) is 25.9 Å². The average Bonchev–Trinajstić information content (AvgIpc) is 2.92. The Morgan fingerprint density at radius 1 is 1.50 bits per heavy atom. The molecule has 20 heavy (non-hydrogen) atoms. The lowest BCUT2D eigenvalue weighted by Gasteiger charge is -2.19. The third kappa shape index (κ3) is 2.97. The second kappa shape index (κ2) is 6.49. The van der Waals surface area contributed by atoms with Crippen molar-refractivity contribution in [3.05, 3.63) is 47.5 Å². The molecule has 2 rings (SSSR count). The van der Waals surface area contributed by atoms with E-state index >= 15 is 0 Å². The molecule has 1 atom stereocenters. The fourth-order valence-electron chi connectivity index (χ4n) is 2.20. The second-order valence-electron chi connectivity index (χ2n) is 4.48. The van der Waals surface area contributed by atoms with Gasteiger partial charge in [-0.3, -0.25) is 16.0 Å². The van der Waals surface area contributed by atoms with Crippen molar-refractivity contribution in [2.24, 2.45) is 5.84 Å². The first-order chi connectivity index (χ1) is 9.69. The van der Waals surface area contributed by atoms with Crippen LogP contribution < -0.4 is 16.0 Å². The zero-order valence-electron chi connectivity index (χ0n) is 11.6. The monoisotopic (exact) mass is 278 g/mol. The van der Waals surface area contributed by atoms with Gasteiger partial charge in [0.2, 0.25) is 0 Å². The first-order valence-electron chi connectivity index (χ1n) is 6.49. The van der Waals surface area contributed by atoms with Gasteiger partial charge in [-0.15, -0.1) is 0 Å². The van der Waals surface area contributed by atoms with Gasteiger partial charge in [-0.2, -0.15) is 5.10 Å². The largest absolute Gasteiger partial charge is 0.496 e. The van der Waals surface area contributed by atoms with E-state index in [0.717, 1.165) is 12.1 Å². The van der Waals surface area contributed by atoms with Gasteiger partial charge in [0.25, 0.3) is 0 Å². The summed E-state index contributed by atoms with van der Waals surface area (Å²) in [4.78, 5) is 0. The lowest BCUT2D eigenvalue weighted by atomic mass is 9.99. The van der Waals surface area contributed by atoms with Gasteiger partial charge in [0.05, 0.1) is 19.3 Å². The van der Waals surface area contributed by atoms with E-state index in [1.165, 1.54) is 13.2 Å². The van der Waals surface area contributed by atoms with Crippen molar-refractivity contribution >= 4 is 0 Å². The van der Waals surface area contributed by atoms with Crippen LogP contribution in [0.2, 0.25) is 0 Å². The molecule has 0 spiro atoms. The molecular formula is C14H19FN4O. The van der Waals surface area contributed by atoms with E-state index < -0.39 is 0 Å². The summed E-state index contributed by atoms with van der Waals surface area (Å²) < 4.78 is 21.1. The van der Waals surface area contributed by atoms with Crippen LogP contribution in [0.1, 0.15) is 24.1 Å². The molecule has 0 aliphatic rings. The van der Waals surface area contributed by atoms with Gasteiger partial charge in [0.15, 0.2) is 0 Å². The van der Waals surface area contributed by atoms with Crippen LogP contribution in [-0.2, 0) is 13.0 Å². The highest BCUT2D eigenvalue weighted by Crippen LogP contribution is 2.29. The molecule has 6 heteroatoms. The zero-order valence-corrected chi connectivity index (χ0v) is 11.6. The maximum atomic E-state index is 14.1. The topological polar surface area (TPSA) is 65.1 Å². The fraction of sp³-hybridized carbons (Fsp3) is 0.357. The standard InChI is InChI=1S/C14H19FN4O/c1-3-19-9-10(8-17-19)7-12(18-16)14-11(15)5-4-6-13(14)20-2/h4-6,8-9,12,18H,3,7,16H2,1-2H3. The van der Waals surface area contributed by atoms with Crippen molar-refractivity contribution < 1.29 is 9.13 Å². The molecule has 0 bridgehead atoms. The number of benzene rings is 1. The molecule has 0 amide bonds. The first kappa shape index (κ1) is 14.5. The molecule has 0 radical (unpaired) electrons. The van der Waals surface area contributed by atoms with Gasteiger partial charge < -0.3 is 4.74 Å². The van der Waals surface area contributed by atoms with Crippen LogP contribution >= 0.6 is 0 Å². The van der Waals surface area contributed by atoms with E-state index in [1.54, 1.807) is 18.3 Å². The van der Waals surface area contributed by atoms with E-state index in [1.807, 2.05) is 17.8 Å². The molecule has 5 nitrogen and oxygen atoms in total. The Morgan fingerprint density at radius 3 is 2.90 bits per heavy atom. The maximum absolute atomic E-state index is 14.1. The highest BCUT2D eigenvalue weighted by molar-refractivity contribution is 5.38. The number of rotatable bonds is 6. The van der Waals surface area contributed by atoms with Crippen molar-refractivity contribution in [3.63, 3.8) is 0 Å². The van der Waals surface area contributed by atoms with Gasteiger partial charge in [-0.1, -0.05) is 6.07 Å². The summed E-state index contributed by atoms with van der Waals surface area (Å²) in [5.41, 5.74) is 4.07. The minimum atomic E-state index is -0.374. The maximum Gasteiger partial charge on any atom is 0.131 e. The number of hydrazine groups is 1. The molecule has 1 aromatic carbocycles. The summed E-state index contributed by atoms with van der Waals surface area (Å²) in [5, 5.41) is 4.20. The number of ether oxygens (including phenoxy) is 1.